The Labute approximate surface area is 123 Å². The first-order chi connectivity index (χ1) is 9.24. The van der Waals surface area contributed by atoms with Crippen LogP contribution in [0.3, 0.4) is 0 Å². The summed E-state index contributed by atoms with van der Waals surface area (Å²) in [6, 6.07) is 0. The third-order valence-electron chi connectivity index (χ3n) is 4.44. The van der Waals surface area contributed by atoms with Crippen molar-refractivity contribution in [3.05, 3.63) is 0 Å². The Morgan fingerprint density at radius 3 is 1.85 bits per heavy atom. The number of rotatable bonds is 8. The zero-order chi connectivity index (χ0) is 15.4. The molecular formula is C15H32N2O3. The minimum Gasteiger partial charge on any atom is -0.383 e. The first kappa shape index (κ1) is 17.9. The summed E-state index contributed by atoms with van der Waals surface area (Å²) in [5.74, 6) is 0. The molecule has 1 fully saturated rings. The summed E-state index contributed by atoms with van der Waals surface area (Å²) in [5.41, 5.74) is 5.56. The van der Waals surface area contributed by atoms with Crippen LogP contribution in [0.2, 0.25) is 0 Å². The van der Waals surface area contributed by atoms with Crippen LogP contribution < -0.4 is 5.73 Å². The van der Waals surface area contributed by atoms with Crippen molar-refractivity contribution in [2.75, 3.05) is 47.1 Å². The van der Waals surface area contributed by atoms with Gasteiger partial charge >= 0.3 is 0 Å². The lowest BCUT2D eigenvalue weighted by atomic mass is 9.77. The van der Waals surface area contributed by atoms with Crippen LogP contribution in [-0.2, 0) is 14.2 Å². The number of ether oxygens (including phenoxy) is 3. The van der Waals surface area contributed by atoms with Crippen molar-refractivity contribution in [2.24, 2.45) is 5.73 Å². The molecule has 0 aromatic rings. The topological polar surface area (TPSA) is 57.0 Å². The van der Waals surface area contributed by atoms with Crippen LogP contribution in [0.5, 0.6) is 0 Å². The number of methoxy groups -OCH3 is 2. The largest absolute Gasteiger partial charge is 0.383 e. The predicted octanol–water partition coefficient (Wildman–Crippen LogP) is 1.26. The minimum absolute atomic E-state index is 0.165. The summed E-state index contributed by atoms with van der Waals surface area (Å²) in [4.78, 5) is 2.38. The Balaban J connectivity index is 3.02. The van der Waals surface area contributed by atoms with Gasteiger partial charge in [-0.2, -0.15) is 0 Å². The van der Waals surface area contributed by atoms with E-state index in [4.69, 9.17) is 19.9 Å². The molecule has 1 heterocycles. The van der Waals surface area contributed by atoms with Crippen LogP contribution in [0.1, 0.15) is 34.1 Å². The first-order valence-electron chi connectivity index (χ1n) is 7.38. The summed E-state index contributed by atoms with van der Waals surface area (Å²) in [7, 11) is 3.45. The minimum atomic E-state index is -0.299. The maximum absolute atomic E-state index is 6.28. The molecular weight excluding hydrogens is 256 g/mol. The van der Waals surface area contributed by atoms with Gasteiger partial charge in [0, 0.05) is 33.9 Å². The highest BCUT2D eigenvalue weighted by Crippen LogP contribution is 2.47. The van der Waals surface area contributed by atoms with Crippen LogP contribution in [0.15, 0.2) is 0 Å². The monoisotopic (exact) mass is 288 g/mol. The molecule has 0 aromatic heterocycles. The van der Waals surface area contributed by atoms with E-state index in [1.165, 1.54) is 0 Å². The molecule has 1 aliphatic rings. The summed E-state index contributed by atoms with van der Waals surface area (Å²) >= 11 is 0. The van der Waals surface area contributed by atoms with E-state index >= 15 is 0 Å². The lowest BCUT2D eigenvalue weighted by Gasteiger charge is -2.47. The number of hydrogen-bond acceptors (Lipinski definition) is 5. The van der Waals surface area contributed by atoms with Crippen molar-refractivity contribution < 1.29 is 14.2 Å². The van der Waals surface area contributed by atoms with E-state index in [1.807, 2.05) is 0 Å². The summed E-state index contributed by atoms with van der Waals surface area (Å²) < 4.78 is 16.8. The number of nitrogens with two attached hydrogens (primary N) is 1. The zero-order valence-corrected chi connectivity index (χ0v) is 14.0. The maximum atomic E-state index is 6.28. The van der Waals surface area contributed by atoms with E-state index in [1.54, 1.807) is 14.2 Å². The normalized spacial score (nSPS) is 28.2. The van der Waals surface area contributed by atoms with Gasteiger partial charge in [-0.25, -0.2) is 0 Å². The van der Waals surface area contributed by atoms with Crippen LogP contribution in [0.4, 0.5) is 0 Å². The lowest BCUT2D eigenvalue weighted by molar-refractivity contribution is -0.108. The van der Waals surface area contributed by atoms with Gasteiger partial charge in [0.25, 0.3) is 0 Å². The quantitative estimate of drug-likeness (QED) is 0.728. The Hall–Kier alpha value is -0.200. The Morgan fingerprint density at radius 2 is 1.55 bits per heavy atom. The second kappa shape index (κ2) is 6.71. The van der Waals surface area contributed by atoms with E-state index < -0.39 is 0 Å². The Bertz CT molecular complexity index is 299. The number of nitrogens with zero attached hydrogens (tertiary/aromatic N) is 1. The third-order valence-corrected chi connectivity index (χ3v) is 4.44. The summed E-state index contributed by atoms with van der Waals surface area (Å²) in [5, 5.41) is 0. The van der Waals surface area contributed by atoms with E-state index in [2.05, 4.69) is 32.6 Å². The molecule has 5 heteroatoms. The fraction of sp³-hybridized carbons (Fsp3) is 1.00. The molecule has 0 spiro atoms. The van der Waals surface area contributed by atoms with Crippen molar-refractivity contribution in [3.8, 4) is 0 Å². The standard InChI is InChI=1S/C15H32N2O3/c1-13(2)11-15(12-16,14(3,4)20-13)17(7-9-18-5)8-10-19-6/h7-12,16H2,1-6H3. The molecule has 1 saturated heterocycles. The first-order valence-corrected chi connectivity index (χ1v) is 7.38. The molecule has 0 aromatic carbocycles. The van der Waals surface area contributed by atoms with Crippen molar-refractivity contribution >= 4 is 0 Å². The maximum Gasteiger partial charge on any atom is 0.0830 e. The molecule has 0 amide bonds. The zero-order valence-electron chi connectivity index (χ0n) is 14.0. The molecule has 0 saturated carbocycles. The SMILES string of the molecule is COCCN(CCOC)C1(CN)CC(C)(C)OC1(C)C. The van der Waals surface area contributed by atoms with Gasteiger partial charge in [-0.3, -0.25) is 4.90 Å². The van der Waals surface area contributed by atoms with Gasteiger partial charge in [-0.15, -0.1) is 0 Å². The van der Waals surface area contributed by atoms with Crippen LogP contribution in [0.25, 0.3) is 0 Å². The molecule has 0 radical (unpaired) electrons. The van der Waals surface area contributed by atoms with E-state index in [0.29, 0.717) is 19.8 Å². The van der Waals surface area contributed by atoms with Gasteiger partial charge in [-0.1, -0.05) is 0 Å². The molecule has 1 atom stereocenters. The van der Waals surface area contributed by atoms with Gasteiger partial charge < -0.3 is 19.9 Å². The highest BCUT2D eigenvalue weighted by atomic mass is 16.5. The highest BCUT2D eigenvalue weighted by Gasteiger charge is 2.59. The van der Waals surface area contributed by atoms with Gasteiger partial charge in [0.05, 0.1) is 30.0 Å². The third kappa shape index (κ3) is 3.52. The average molecular weight is 288 g/mol. The summed E-state index contributed by atoms with van der Waals surface area (Å²) in [6.07, 6.45) is 0.914. The van der Waals surface area contributed by atoms with E-state index in [0.717, 1.165) is 19.5 Å². The lowest BCUT2D eigenvalue weighted by Crippen LogP contribution is -2.64. The van der Waals surface area contributed by atoms with Gasteiger partial charge in [0.1, 0.15) is 0 Å². The van der Waals surface area contributed by atoms with E-state index in [9.17, 15) is 0 Å². The van der Waals surface area contributed by atoms with Gasteiger partial charge in [0.2, 0.25) is 0 Å². The second-order valence-electron chi connectivity index (χ2n) is 6.76. The highest BCUT2D eigenvalue weighted by molar-refractivity contribution is 5.13. The van der Waals surface area contributed by atoms with Crippen LogP contribution >= 0.6 is 0 Å². The Morgan fingerprint density at radius 1 is 1.05 bits per heavy atom. The van der Waals surface area contributed by atoms with Gasteiger partial charge in [-0.05, 0) is 34.1 Å². The van der Waals surface area contributed by atoms with Crippen molar-refractivity contribution in [1.82, 2.24) is 4.90 Å². The molecule has 5 nitrogen and oxygen atoms in total. The molecule has 120 valence electrons. The summed E-state index contributed by atoms with van der Waals surface area (Å²) in [6.45, 7) is 12.1. The molecule has 1 aliphatic heterocycles. The smallest absolute Gasteiger partial charge is 0.0830 e. The second-order valence-corrected chi connectivity index (χ2v) is 6.76. The van der Waals surface area contributed by atoms with Gasteiger partial charge in [0.15, 0.2) is 0 Å². The predicted molar refractivity (Wildman–Crippen MR) is 81.0 cm³/mol. The van der Waals surface area contributed by atoms with Crippen molar-refractivity contribution in [3.63, 3.8) is 0 Å². The molecule has 0 bridgehead atoms. The fourth-order valence-corrected chi connectivity index (χ4v) is 3.62. The average Bonchev–Trinajstić information content (AvgIpc) is 2.54. The van der Waals surface area contributed by atoms with Crippen molar-refractivity contribution in [2.45, 2.75) is 50.9 Å². The molecule has 1 rings (SSSR count). The van der Waals surface area contributed by atoms with Crippen LogP contribution in [-0.4, -0.2) is 68.7 Å². The molecule has 0 aliphatic carbocycles. The molecule has 1 unspecified atom stereocenters. The Kier molecular flexibility index (Phi) is 5.99. The molecule has 2 N–H and O–H groups in total. The van der Waals surface area contributed by atoms with E-state index in [-0.39, 0.29) is 16.7 Å². The number of hydrogen-bond donors (Lipinski definition) is 1. The fourth-order valence-electron chi connectivity index (χ4n) is 3.62. The van der Waals surface area contributed by atoms with Crippen LogP contribution in [0, 0.1) is 0 Å². The van der Waals surface area contributed by atoms with Crippen molar-refractivity contribution in [1.29, 1.82) is 0 Å². The molecule has 20 heavy (non-hydrogen) atoms.